The zero-order valence-corrected chi connectivity index (χ0v) is 18.9. The molecule has 0 spiro atoms. The third-order valence-corrected chi connectivity index (χ3v) is 6.71. The van der Waals surface area contributed by atoms with E-state index < -0.39 is 5.97 Å². The van der Waals surface area contributed by atoms with Crippen LogP contribution in [0.15, 0.2) is 60.9 Å². The molecule has 0 radical (unpaired) electrons. The Labute approximate surface area is 193 Å². The smallest absolute Gasteiger partial charge is 0.335 e. The van der Waals surface area contributed by atoms with Gasteiger partial charge >= 0.3 is 5.97 Å². The number of aromatic carboxylic acids is 1. The van der Waals surface area contributed by atoms with Crippen molar-refractivity contribution >= 4 is 27.6 Å². The summed E-state index contributed by atoms with van der Waals surface area (Å²) in [5.74, 6) is 0.368. The standard InChI is InChI=1S/C27H29N3O3/c1-29-16-23-22-8-4-5-9-25(22)28-26(24(23)17-29)33-18-19-10-13-30(14-11-19)15-12-20-6-2-3-7-21(20)27(31)32/h2-9,16-17,19H,10-15,18H2,1H3,(H,31,32). The maximum atomic E-state index is 11.4. The van der Waals surface area contributed by atoms with E-state index in [1.807, 2.05) is 37.4 Å². The number of hydrogen-bond donors (Lipinski definition) is 1. The van der Waals surface area contributed by atoms with E-state index in [2.05, 4.69) is 27.9 Å². The molecule has 33 heavy (non-hydrogen) atoms. The van der Waals surface area contributed by atoms with Gasteiger partial charge in [-0.3, -0.25) is 0 Å². The van der Waals surface area contributed by atoms with Crippen LogP contribution >= 0.6 is 0 Å². The zero-order chi connectivity index (χ0) is 22.8. The number of carbonyl (C=O) groups is 1. The maximum absolute atomic E-state index is 11.4. The lowest BCUT2D eigenvalue weighted by atomic mass is 9.97. The molecular weight excluding hydrogens is 414 g/mol. The van der Waals surface area contributed by atoms with Gasteiger partial charge in [0.05, 0.1) is 23.1 Å². The van der Waals surface area contributed by atoms with Gasteiger partial charge in [0.25, 0.3) is 0 Å². The van der Waals surface area contributed by atoms with Gasteiger partial charge in [-0.25, -0.2) is 9.78 Å². The van der Waals surface area contributed by atoms with E-state index in [0.29, 0.717) is 18.1 Å². The molecule has 170 valence electrons. The van der Waals surface area contributed by atoms with Crippen LogP contribution < -0.4 is 4.74 Å². The van der Waals surface area contributed by atoms with Gasteiger partial charge in [0.15, 0.2) is 0 Å². The Morgan fingerprint density at radius 3 is 2.58 bits per heavy atom. The summed E-state index contributed by atoms with van der Waals surface area (Å²) in [5.41, 5.74) is 2.28. The minimum absolute atomic E-state index is 0.413. The van der Waals surface area contributed by atoms with Gasteiger partial charge < -0.3 is 19.3 Å². The first-order valence-corrected chi connectivity index (χ1v) is 11.6. The SMILES string of the molecule is Cn1cc2c(OCC3CCN(CCc4ccccc4C(=O)O)CC3)nc3ccccc3c2c1. The molecule has 1 aliphatic rings. The molecule has 6 heteroatoms. The lowest BCUT2D eigenvalue weighted by Crippen LogP contribution is -2.36. The van der Waals surface area contributed by atoms with Crippen molar-refractivity contribution in [3.05, 3.63) is 72.1 Å². The highest BCUT2D eigenvalue weighted by Crippen LogP contribution is 2.32. The number of carboxylic acid groups (broad SMARTS) is 1. The number of pyridine rings is 1. The first kappa shape index (κ1) is 21.5. The summed E-state index contributed by atoms with van der Waals surface area (Å²) >= 11 is 0. The van der Waals surface area contributed by atoms with Crippen LogP contribution in [0.25, 0.3) is 21.7 Å². The minimum Gasteiger partial charge on any atom is -0.478 e. The monoisotopic (exact) mass is 443 g/mol. The van der Waals surface area contributed by atoms with Crippen LogP contribution in [0.3, 0.4) is 0 Å². The number of benzene rings is 2. The number of para-hydroxylation sites is 1. The highest BCUT2D eigenvalue weighted by molar-refractivity contribution is 6.07. The van der Waals surface area contributed by atoms with E-state index in [9.17, 15) is 9.90 Å². The summed E-state index contributed by atoms with van der Waals surface area (Å²) in [5, 5.41) is 12.8. The summed E-state index contributed by atoms with van der Waals surface area (Å²) in [4.78, 5) is 18.7. The molecule has 0 bridgehead atoms. The van der Waals surface area contributed by atoms with Gasteiger partial charge in [0, 0.05) is 36.8 Å². The Morgan fingerprint density at radius 2 is 1.76 bits per heavy atom. The Balaban J connectivity index is 1.19. The number of likely N-dealkylation sites (tertiary alicyclic amines) is 1. The molecule has 2 aromatic carbocycles. The van der Waals surface area contributed by atoms with E-state index in [0.717, 1.165) is 66.6 Å². The van der Waals surface area contributed by atoms with Gasteiger partial charge in [0.1, 0.15) is 0 Å². The second-order valence-electron chi connectivity index (χ2n) is 8.99. The molecule has 0 unspecified atom stereocenters. The van der Waals surface area contributed by atoms with Crippen LogP contribution in [0.1, 0.15) is 28.8 Å². The first-order chi connectivity index (χ1) is 16.1. The molecule has 1 aliphatic heterocycles. The van der Waals surface area contributed by atoms with Crippen molar-refractivity contribution in [2.45, 2.75) is 19.3 Å². The second-order valence-corrected chi connectivity index (χ2v) is 8.99. The quantitative estimate of drug-likeness (QED) is 0.446. The van der Waals surface area contributed by atoms with E-state index in [4.69, 9.17) is 9.72 Å². The van der Waals surface area contributed by atoms with E-state index in [1.54, 1.807) is 12.1 Å². The fourth-order valence-corrected chi connectivity index (χ4v) is 4.85. The van der Waals surface area contributed by atoms with Gasteiger partial charge in [-0.15, -0.1) is 0 Å². The van der Waals surface area contributed by atoms with Crippen molar-refractivity contribution in [2.75, 3.05) is 26.2 Å². The fraction of sp³-hybridized carbons (Fsp3) is 0.333. The van der Waals surface area contributed by atoms with Crippen LogP contribution in [0, 0.1) is 5.92 Å². The number of aryl methyl sites for hydroxylation is 1. The highest BCUT2D eigenvalue weighted by atomic mass is 16.5. The van der Waals surface area contributed by atoms with Crippen LogP contribution in [0.2, 0.25) is 0 Å². The predicted molar refractivity (Wildman–Crippen MR) is 130 cm³/mol. The molecular formula is C27H29N3O3. The second kappa shape index (κ2) is 9.24. The van der Waals surface area contributed by atoms with Crippen molar-refractivity contribution in [1.82, 2.24) is 14.5 Å². The Morgan fingerprint density at radius 1 is 1.03 bits per heavy atom. The molecule has 1 saturated heterocycles. The molecule has 3 heterocycles. The van der Waals surface area contributed by atoms with Crippen molar-refractivity contribution in [1.29, 1.82) is 0 Å². The molecule has 4 aromatic rings. The topological polar surface area (TPSA) is 67.6 Å². The number of aromatic nitrogens is 2. The molecule has 0 amide bonds. The molecule has 0 saturated carbocycles. The maximum Gasteiger partial charge on any atom is 0.335 e. The minimum atomic E-state index is -0.851. The van der Waals surface area contributed by atoms with Crippen molar-refractivity contribution in [2.24, 2.45) is 13.0 Å². The van der Waals surface area contributed by atoms with Crippen molar-refractivity contribution < 1.29 is 14.6 Å². The molecule has 6 nitrogen and oxygen atoms in total. The number of nitrogens with zero attached hydrogens (tertiary/aromatic N) is 3. The normalized spacial score (nSPS) is 15.3. The molecule has 2 aromatic heterocycles. The molecule has 1 fully saturated rings. The van der Waals surface area contributed by atoms with Gasteiger partial charge in [-0.2, -0.15) is 0 Å². The van der Waals surface area contributed by atoms with Crippen LogP contribution in [0.5, 0.6) is 5.88 Å². The van der Waals surface area contributed by atoms with E-state index >= 15 is 0 Å². The number of hydrogen-bond acceptors (Lipinski definition) is 4. The van der Waals surface area contributed by atoms with Crippen molar-refractivity contribution in [3.8, 4) is 5.88 Å². The largest absolute Gasteiger partial charge is 0.478 e. The predicted octanol–water partition coefficient (Wildman–Crippen LogP) is 4.76. The number of fused-ring (bicyclic) bond motifs is 3. The number of piperidine rings is 1. The lowest BCUT2D eigenvalue weighted by Gasteiger charge is -2.31. The van der Waals surface area contributed by atoms with E-state index in [-0.39, 0.29) is 0 Å². The van der Waals surface area contributed by atoms with Gasteiger partial charge in [-0.1, -0.05) is 36.4 Å². The van der Waals surface area contributed by atoms with Crippen molar-refractivity contribution in [3.63, 3.8) is 0 Å². The highest BCUT2D eigenvalue weighted by Gasteiger charge is 2.21. The van der Waals surface area contributed by atoms with E-state index in [1.165, 1.54) is 5.39 Å². The molecule has 0 atom stereocenters. The summed E-state index contributed by atoms with van der Waals surface area (Å²) in [6.07, 6.45) is 7.13. The summed E-state index contributed by atoms with van der Waals surface area (Å²) < 4.78 is 8.34. The molecule has 5 rings (SSSR count). The Kier molecular flexibility index (Phi) is 6.01. The van der Waals surface area contributed by atoms with Crippen LogP contribution in [-0.2, 0) is 13.5 Å². The summed E-state index contributed by atoms with van der Waals surface area (Å²) in [7, 11) is 2.03. The van der Waals surface area contributed by atoms with Gasteiger partial charge in [-0.05, 0) is 56.0 Å². The molecule has 0 aliphatic carbocycles. The summed E-state index contributed by atoms with van der Waals surface area (Å²) in [6.45, 7) is 3.57. The number of ether oxygens (including phenoxy) is 1. The number of carboxylic acids is 1. The first-order valence-electron chi connectivity index (χ1n) is 11.6. The average molecular weight is 444 g/mol. The fourth-order valence-electron chi connectivity index (χ4n) is 4.85. The molecule has 1 N–H and O–H groups in total. The average Bonchev–Trinajstić information content (AvgIpc) is 3.24. The van der Waals surface area contributed by atoms with Gasteiger partial charge in [0.2, 0.25) is 5.88 Å². The Bertz CT molecular complexity index is 1290. The zero-order valence-electron chi connectivity index (χ0n) is 18.9. The third kappa shape index (κ3) is 4.57. The third-order valence-electron chi connectivity index (χ3n) is 6.71. The van der Waals surface area contributed by atoms with Crippen LogP contribution in [-0.4, -0.2) is 51.8 Å². The lowest BCUT2D eigenvalue weighted by molar-refractivity contribution is 0.0695. The number of rotatable bonds is 7. The summed E-state index contributed by atoms with van der Waals surface area (Å²) in [6, 6.07) is 15.5. The Hall–Kier alpha value is -3.38. The van der Waals surface area contributed by atoms with Crippen LogP contribution in [0.4, 0.5) is 0 Å².